The molecule has 0 aliphatic carbocycles. The summed E-state index contributed by atoms with van der Waals surface area (Å²) in [4.78, 5) is 43.5. The van der Waals surface area contributed by atoms with Gasteiger partial charge in [0.05, 0.1) is 0 Å². The molecular formula is C11H15O8. The molecule has 0 saturated heterocycles. The van der Waals surface area contributed by atoms with Crippen molar-refractivity contribution in [3.05, 3.63) is 6.92 Å². The molecule has 4 N–H and O–H groups in total. The first-order chi connectivity index (χ1) is 8.69. The summed E-state index contributed by atoms with van der Waals surface area (Å²) >= 11 is 0. The molecule has 0 aromatic heterocycles. The van der Waals surface area contributed by atoms with Gasteiger partial charge in [-0.3, -0.25) is 19.2 Å². The Morgan fingerprint density at radius 3 is 1.58 bits per heavy atom. The van der Waals surface area contributed by atoms with E-state index in [9.17, 15) is 19.2 Å². The summed E-state index contributed by atoms with van der Waals surface area (Å²) in [5, 5.41) is 35.3. The quantitative estimate of drug-likeness (QED) is 0.439. The third-order valence-corrected chi connectivity index (χ3v) is 2.88. The Balaban J connectivity index is 5.13. The van der Waals surface area contributed by atoms with Crippen LogP contribution in [-0.4, -0.2) is 44.3 Å². The molecule has 0 aromatic rings. The fraction of sp³-hybridized carbons (Fsp3) is 0.545. The van der Waals surface area contributed by atoms with Crippen LogP contribution in [0.5, 0.6) is 0 Å². The predicted molar refractivity (Wildman–Crippen MR) is 60.3 cm³/mol. The zero-order valence-corrected chi connectivity index (χ0v) is 10.0. The molecule has 19 heavy (non-hydrogen) atoms. The van der Waals surface area contributed by atoms with E-state index in [0.717, 1.165) is 0 Å². The van der Waals surface area contributed by atoms with E-state index in [2.05, 4.69) is 6.92 Å². The van der Waals surface area contributed by atoms with Crippen molar-refractivity contribution < 1.29 is 39.6 Å². The van der Waals surface area contributed by atoms with Gasteiger partial charge in [-0.1, -0.05) is 13.3 Å². The van der Waals surface area contributed by atoms with Crippen LogP contribution in [0, 0.1) is 18.3 Å². The van der Waals surface area contributed by atoms with E-state index >= 15 is 0 Å². The summed E-state index contributed by atoms with van der Waals surface area (Å²) in [5.74, 6) is -8.35. The minimum atomic E-state index is -2.20. The first-order valence-electron chi connectivity index (χ1n) is 5.40. The van der Waals surface area contributed by atoms with E-state index in [0.29, 0.717) is 0 Å². The molecule has 107 valence electrons. The Morgan fingerprint density at radius 2 is 1.32 bits per heavy atom. The summed E-state index contributed by atoms with van der Waals surface area (Å²) in [6.07, 6.45) is -1.45. The number of rotatable bonds is 9. The largest absolute Gasteiger partial charge is 0.481 e. The van der Waals surface area contributed by atoms with Crippen LogP contribution in [0.2, 0.25) is 0 Å². The van der Waals surface area contributed by atoms with Gasteiger partial charge in [0.2, 0.25) is 0 Å². The summed E-state index contributed by atoms with van der Waals surface area (Å²) in [5.41, 5.74) is -2.20. The molecule has 0 bridgehead atoms. The van der Waals surface area contributed by atoms with E-state index in [-0.39, 0.29) is 12.8 Å². The van der Waals surface area contributed by atoms with Gasteiger partial charge in [-0.25, -0.2) is 0 Å². The van der Waals surface area contributed by atoms with Gasteiger partial charge >= 0.3 is 23.9 Å². The van der Waals surface area contributed by atoms with E-state index in [4.69, 9.17) is 20.4 Å². The molecule has 0 spiro atoms. The van der Waals surface area contributed by atoms with Crippen molar-refractivity contribution in [2.45, 2.75) is 25.7 Å². The normalized spacial score (nSPS) is 11.3. The molecule has 0 saturated carbocycles. The summed E-state index contributed by atoms with van der Waals surface area (Å²) < 4.78 is 0. The van der Waals surface area contributed by atoms with Crippen molar-refractivity contribution in [2.24, 2.45) is 11.3 Å². The van der Waals surface area contributed by atoms with E-state index in [1.807, 2.05) is 0 Å². The van der Waals surface area contributed by atoms with Gasteiger partial charge in [-0.15, -0.1) is 0 Å². The van der Waals surface area contributed by atoms with Gasteiger partial charge < -0.3 is 20.4 Å². The Bertz CT molecular complexity index is 358. The molecule has 0 aliphatic rings. The molecule has 0 heterocycles. The minimum Gasteiger partial charge on any atom is -0.481 e. The van der Waals surface area contributed by atoms with Crippen LogP contribution in [0.3, 0.4) is 0 Å². The van der Waals surface area contributed by atoms with E-state index in [1.165, 1.54) is 0 Å². The van der Waals surface area contributed by atoms with Crippen LogP contribution in [-0.2, 0) is 19.2 Å². The van der Waals surface area contributed by atoms with Crippen molar-refractivity contribution in [1.29, 1.82) is 0 Å². The Kier molecular flexibility index (Phi) is 5.97. The van der Waals surface area contributed by atoms with Crippen LogP contribution in [0.25, 0.3) is 0 Å². The monoisotopic (exact) mass is 275 g/mol. The van der Waals surface area contributed by atoms with Gasteiger partial charge in [0.15, 0.2) is 11.3 Å². The van der Waals surface area contributed by atoms with Gasteiger partial charge in [-0.2, -0.15) is 0 Å². The van der Waals surface area contributed by atoms with Crippen LogP contribution in [0.1, 0.15) is 25.7 Å². The topological polar surface area (TPSA) is 149 Å². The first-order valence-corrected chi connectivity index (χ1v) is 5.40. The molecule has 1 radical (unpaired) electrons. The van der Waals surface area contributed by atoms with Crippen LogP contribution < -0.4 is 0 Å². The summed E-state index contributed by atoms with van der Waals surface area (Å²) in [6.45, 7) is 3.37. The van der Waals surface area contributed by atoms with Gasteiger partial charge in [0.1, 0.15) is 0 Å². The number of hydrogen-bond donors (Lipinski definition) is 4. The lowest BCUT2D eigenvalue weighted by atomic mass is 9.77. The van der Waals surface area contributed by atoms with Crippen LogP contribution >= 0.6 is 0 Å². The van der Waals surface area contributed by atoms with Gasteiger partial charge in [0.25, 0.3) is 0 Å². The van der Waals surface area contributed by atoms with Gasteiger partial charge in [-0.05, 0) is 19.3 Å². The third kappa shape index (κ3) is 3.94. The predicted octanol–water partition coefficient (Wildman–Crippen LogP) is 0.322. The van der Waals surface area contributed by atoms with E-state index < -0.39 is 48.1 Å². The minimum absolute atomic E-state index is 0.0173. The van der Waals surface area contributed by atoms with Crippen molar-refractivity contribution >= 4 is 23.9 Å². The van der Waals surface area contributed by atoms with Crippen LogP contribution in [0.4, 0.5) is 0 Å². The molecule has 0 fully saturated rings. The molecule has 8 nitrogen and oxygen atoms in total. The molecule has 0 aromatic carbocycles. The molecular weight excluding hydrogens is 260 g/mol. The highest BCUT2D eigenvalue weighted by molar-refractivity contribution is 5.98. The Labute approximate surface area is 108 Å². The summed E-state index contributed by atoms with van der Waals surface area (Å²) in [6, 6.07) is 0. The lowest BCUT2D eigenvalue weighted by Gasteiger charge is -2.24. The Hall–Kier alpha value is -2.12. The zero-order chi connectivity index (χ0) is 15.2. The lowest BCUT2D eigenvalue weighted by Crippen LogP contribution is -2.40. The number of aliphatic carboxylic acids is 4. The second-order valence-corrected chi connectivity index (χ2v) is 4.06. The molecule has 0 atom stereocenters. The third-order valence-electron chi connectivity index (χ3n) is 2.88. The molecule has 0 rings (SSSR count). The number of carboxylic acids is 4. The SMILES string of the molecule is [CH2]CCC(CCC(C(=O)O)C(=O)O)(C(=O)O)C(=O)O. The standard InChI is InChI=1S/C11H15O8/c1-2-4-11(9(16)17,10(18)19)5-3-6(7(12)13)8(14)15/h6H,1-5H2,(H,12,13)(H,14,15)(H,16,17)(H,18,19). The van der Waals surface area contributed by atoms with Crippen molar-refractivity contribution in [3.63, 3.8) is 0 Å². The second-order valence-electron chi connectivity index (χ2n) is 4.06. The summed E-state index contributed by atoms with van der Waals surface area (Å²) in [7, 11) is 0. The van der Waals surface area contributed by atoms with Crippen molar-refractivity contribution in [3.8, 4) is 0 Å². The maximum Gasteiger partial charge on any atom is 0.321 e. The van der Waals surface area contributed by atoms with E-state index in [1.54, 1.807) is 0 Å². The maximum absolute atomic E-state index is 11.1. The zero-order valence-electron chi connectivity index (χ0n) is 10.0. The Morgan fingerprint density at radius 1 is 0.895 bits per heavy atom. The number of carboxylic acid groups (broad SMARTS) is 4. The molecule has 8 heteroatoms. The average molecular weight is 275 g/mol. The highest BCUT2D eigenvalue weighted by Crippen LogP contribution is 2.32. The van der Waals surface area contributed by atoms with Crippen LogP contribution in [0.15, 0.2) is 0 Å². The highest BCUT2D eigenvalue weighted by atomic mass is 16.4. The number of carbonyl (C=O) groups is 4. The number of hydrogen-bond acceptors (Lipinski definition) is 4. The fourth-order valence-corrected chi connectivity index (χ4v) is 1.69. The smallest absolute Gasteiger partial charge is 0.321 e. The van der Waals surface area contributed by atoms with Crippen molar-refractivity contribution in [2.75, 3.05) is 0 Å². The molecule has 0 unspecified atom stereocenters. The van der Waals surface area contributed by atoms with Gasteiger partial charge in [0, 0.05) is 0 Å². The molecule has 0 aliphatic heterocycles. The highest BCUT2D eigenvalue weighted by Gasteiger charge is 2.46. The second kappa shape index (κ2) is 6.72. The van der Waals surface area contributed by atoms with Crippen molar-refractivity contribution in [1.82, 2.24) is 0 Å². The first kappa shape index (κ1) is 16.9. The average Bonchev–Trinajstić information content (AvgIpc) is 2.25. The maximum atomic E-state index is 11.1. The molecule has 0 amide bonds. The fourth-order valence-electron chi connectivity index (χ4n) is 1.69. The lowest BCUT2D eigenvalue weighted by molar-refractivity contribution is -0.168.